The molecule has 3 rings (SSSR count). The maximum Gasteiger partial charge on any atom is 0.323 e. The molecule has 5 nitrogen and oxygen atoms in total. The maximum atomic E-state index is 12.4. The van der Waals surface area contributed by atoms with Crippen LogP contribution in [0.2, 0.25) is 5.02 Å². The van der Waals surface area contributed by atoms with Crippen LogP contribution in [0.25, 0.3) is 0 Å². The van der Waals surface area contributed by atoms with Crippen LogP contribution in [0.1, 0.15) is 29.6 Å². The SMILES string of the molecule is O=C(Nc1ccc(C(=O)N2CCCCC2)cc1)Nc1ccccc1Cl. The molecule has 0 bridgehead atoms. The summed E-state index contributed by atoms with van der Waals surface area (Å²) in [5.41, 5.74) is 1.79. The lowest BCUT2D eigenvalue weighted by Gasteiger charge is -2.26. The van der Waals surface area contributed by atoms with Gasteiger partial charge < -0.3 is 15.5 Å². The number of amides is 3. The average Bonchev–Trinajstić information content (AvgIpc) is 2.64. The molecule has 2 aromatic carbocycles. The molecule has 6 heteroatoms. The number of piperidine rings is 1. The Hall–Kier alpha value is -2.53. The highest BCUT2D eigenvalue weighted by atomic mass is 35.5. The lowest BCUT2D eigenvalue weighted by molar-refractivity contribution is 0.0724. The number of hydrogen-bond donors (Lipinski definition) is 2. The number of anilines is 2. The monoisotopic (exact) mass is 357 g/mol. The van der Waals surface area contributed by atoms with Gasteiger partial charge in [-0.1, -0.05) is 23.7 Å². The van der Waals surface area contributed by atoms with E-state index in [1.165, 1.54) is 6.42 Å². The van der Waals surface area contributed by atoms with Gasteiger partial charge in [-0.05, 0) is 55.7 Å². The number of carbonyl (C=O) groups excluding carboxylic acids is 2. The lowest BCUT2D eigenvalue weighted by Crippen LogP contribution is -2.35. The lowest BCUT2D eigenvalue weighted by atomic mass is 10.1. The zero-order valence-corrected chi connectivity index (χ0v) is 14.6. The summed E-state index contributed by atoms with van der Waals surface area (Å²) in [5.74, 6) is 0.0479. The molecule has 130 valence electrons. The van der Waals surface area contributed by atoms with Crippen LogP contribution in [0.15, 0.2) is 48.5 Å². The molecule has 0 saturated carbocycles. The van der Waals surface area contributed by atoms with E-state index in [4.69, 9.17) is 11.6 Å². The molecule has 2 N–H and O–H groups in total. The third-order valence-corrected chi connectivity index (χ3v) is 4.48. The number of hydrogen-bond acceptors (Lipinski definition) is 2. The number of halogens is 1. The molecule has 0 radical (unpaired) electrons. The van der Waals surface area contributed by atoms with Crippen LogP contribution in [-0.2, 0) is 0 Å². The van der Waals surface area contributed by atoms with Crippen molar-refractivity contribution in [2.24, 2.45) is 0 Å². The Kier molecular flexibility index (Phi) is 5.56. The van der Waals surface area contributed by atoms with Gasteiger partial charge in [0.15, 0.2) is 0 Å². The molecule has 0 atom stereocenters. The van der Waals surface area contributed by atoms with Gasteiger partial charge in [0.25, 0.3) is 5.91 Å². The van der Waals surface area contributed by atoms with Crippen molar-refractivity contribution in [2.45, 2.75) is 19.3 Å². The second kappa shape index (κ2) is 8.03. The van der Waals surface area contributed by atoms with E-state index in [9.17, 15) is 9.59 Å². The van der Waals surface area contributed by atoms with Crippen LogP contribution in [-0.4, -0.2) is 29.9 Å². The first-order valence-electron chi connectivity index (χ1n) is 8.35. The van der Waals surface area contributed by atoms with Gasteiger partial charge in [0, 0.05) is 24.3 Å². The van der Waals surface area contributed by atoms with Crippen molar-refractivity contribution < 1.29 is 9.59 Å². The predicted molar refractivity (Wildman–Crippen MR) is 100 cm³/mol. The summed E-state index contributed by atoms with van der Waals surface area (Å²) in [4.78, 5) is 26.4. The van der Waals surface area contributed by atoms with Crippen molar-refractivity contribution in [3.8, 4) is 0 Å². The van der Waals surface area contributed by atoms with E-state index in [2.05, 4.69) is 10.6 Å². The third-order valence-electron chi connectivity index (χ3n) is 4.16. The Labute approximate surface area is 152 Å². The molecule has 25 heavy (non-hydrogen) atoms. The summed E-state index contributed by atoms with van der Waals surface area (Å²) in [5, 5.41) is 5.89. The Morgan fingerprint density at radius 2 is 1.56 bits per heavy atom. The summed E-state index contributed by atoms with van der Waals surface area (Å²) < 4.78 is 0. The largest absolute Gasteiger partial charge is 0.339 e. The second-order valence-corrected chi connectivity index (χ2v) is 6.40. The quantitative estimate of drug-likeness (QED) is 0.842. The summed E-state index contributed by atoms with van der Waals surface area (Å²) in [7, 11) is 0. The summed E-state index contributed by atoms with van der Waals surface area (Å²) in [6.45, 7) is 1.64. The molecule has 0 aliphatic carbocycles. The van der Waals surface area contributed by atoms with Gasteiger partial charge in [-0.15, -0.1) is 0 Å². The van der Waals surface area contributed by atoms with Gasteiger partial charge in [-0.25, -0.2) is 4.79 Å². The predicted octanol–water partition coefficient (Wildman–Crippen LogP) is 4.61. The molecule has 0 spiro atoms. The molecule has 2 aromatic rings. The highest BCUT2D eigenvalue weighted by Gasteiger charge is 2.18. The van der Waals surface area contributed by atoms with Gasteiger partial charge in [0.1, 0.15) is 0 Å². The number of rotatable bonds is 3. The standard InChI is InChI=1S/C19H20ClN3O2/c20-16-6-2-3-7-17(16)22-19(25)21-15-10-8-14(9-11-15)18(24)23-12-4-1-5-13-23/h2-3,6-11H,1,4-5,12-13H2,(H2,21,22,25). The first-order chi connectivity index (χ1) is 12.1. The van der Waals surface area contributed by atoms with Crippen molar-refractivity contribution in [3.63, 3.8) is 0 Å². The van der Waals surface area contributed by atoms with Crippen LogP contribution in [0.5, 0.6) is 0 Å². The van der Waals surface area contributed by atoms with E-state index in [1.807, 2.05) is 4.90 Å². The smallest absolute Gasteiger partial charge is 0.323 e. The van der Waals surface area contributed by atoms with Crippen LogP contribution in [0.4, 0.5) is 16.2 Å². The zero-order chi connectivity index (χ0) is 17.6. The first-order valence-corrected chi connectivity index (χ1v) is 8.73. The minimum Gasteiger partial charge on any atom is -0.339 e. The number of benzene rings is 2. The number of nitrogens with zero attached hydrogens (tertiary/aromatic N) is 1. The fourth-order valence-electron chi connectivity index (χ4n) is 2.82. The minimum atomic E-state index is -0.386. The molecular formula is C19H20ClN3O2. The normalized spacial score (nSPS) is 14.0. The molecule has 3 amide bonds. The Bertz CT molecular complexity index is 756. The first kappa shape index (κ1) is 17.3. The topological polar surface area (TPSA) is 61.4 Å². The average molecular weight is 358 g/mol. The number of nitrogens with one attached hydrogen (secondary N) is 2. The zero-order valence-electron chi connectivity index (χ0n) is 13.8. The highest BCUT2D eigenvalue weighted by Crippen LogP contribution is 2.21. The van der Waals surface area contributed by atoms with Crippen molar-refractivity contribution in [1.82, 2.24) is 4.90 Å². The number of para-hydroxylation sites is 1. The summed E-state index contributed by atoms with van der Waals surface area (Å²) >= 11 is 6.02. The molecule has 1 fully saturated rings. The van der Waals surface area contributed by atoms with E-state index >= 15 is 0 Å². The van der Waals surface area contributed by atoms with Gasteiger partial charge in [0.2, 0.25) is 0 Å². The van der Waals surface area contributed by atoms with E-state index in [1.54, 1.807) is 48.5 Å². The highest BCUT2D eigenvalue weighted by molar-refractivity contribution is 6.33. The minimum absolute atomic E-state index is 0.0479. The van der Waals surface area contributed by atoms with Crippen LogP contribution >= 0.6 is 11.6 Å². The number of likely N-dealkylation sites (tertiary alicyclic amines) is 1. The van der Waals surface area contributed by atoms with Gasteiger partial charge in [-0.3, -0.25) is 4.79 Å². The Morgan fingerprint density at radius 3 is 2.24 bits per heavy atom. The van der Waals surface area contributed by atoms with E-state index in [0.29, 0.717) is 22.0 Å². The molecule has 0 aromatic heterocycles. The molecule has 1 saturated heterocycles. The van der Waals surface area contributed by atoms with Gasteiger partial charge in [-0.2, -0.15) is 0 Å². The fourth-order valence-corrected chi connectivity index (χ4v) is 3.01. The van der Waals surface area contributed by atoms with Crippen molar-refractivity contribution in [2.75, 3.05) is 23.7 Å². The molecule has 1 heterocycles. The van der Waals surface area contributed by atoms with Crippen LogP contribution in [0.3, 0.4) is 0 Å². The van der Waals surface area contributed by atoms with Gasteiger partial charge >= 0.3 is 6.03 Å². The van der Waals surface area contributed by atoms with E-state index in [0.717, 1.165) is 25.9 Å². The summed E-state index contributed by atoms with van der Waals surface area (Å²) in [6.07, 6.45) is 3.31. The Balaban J connectivity index is 1.59. The summed E-state index contributed by atoms with van der Waals surface area (Å²) in [6, 6.07) is 13.6. The molecular weight excluding hydrogens is 338 g/mol. The molecule has 1 aliphatic heterocycles. The van der Waals surface area contributed by atoms with Crippen LogP contribution in [0, 0.1) is 0 Å². The fraction of sp³-hybridized carbons (Fsp3) is 0.263. The Morgan fingerprint density at radius 1 is 0.880 bits per heavy atom. The van der Waals surface area contributed by atoms with Crippen molar-refractivity contribution >= 4 is 34.9 Å². The second-order valence-electron chi connectivity index (χ2n) is 5.99. The number of urea groups is 1. The van der Waals surface area contributed by atoms with Crippen molar-refractivity contribution in [3.05, 3.63) is 59.1 Å². The number of carbonyl (C=O) groups is 2. The molecule has 1 aliphatic rings. The van der Waals surface area contributed by atoms with Gasteiger partial charge in [0.05, 0.1) is 10.7 Å². The van der Waals surface area contributed by atoms with E-state index < -0.39 is 0 Å². The maximum absolute atomic E-state index is 12.4. The third kappa shape index (κ3) is 4.51. The van der Waals surface area contributed by atoms with Crippen molar-refractivity contribution in [1.29, 1.82) is 0 Å². The molecule has 0 unspecified atom stereocenters. The van der Waals surface area contributed by atoms with E-state index in [-0.39, 0.29) is 11.9 Å². The van der Waals surface area contributed by atoms with Crippen LogP contribution < -0.4 is 10.6 Å².